The van der Waals surface area contributed by atoms with E-state index >= 15 is 0 Å². The summed E-state index contributed by atoms with van der Waals surface area (Å²) in [5.74, 6) is -0.930. The normalized spacial score (nSPS) is 20.7. The van der Waals surface area contributed by atoms with E-state index in [0.29, 0.717) is 16.3 Å². The minimum Gasteiger partial charge on any atom is -0.324 e. The zero-order chi connectivity index (χ0) is 18.9. The van der Waals surface area contributed by atoms with Gasteiger partial charge in [0.05, 0.1) is 0 Å². The molecule has 0 bridgehead atoms. The van der Waals surface area contributed by atoms with E-state index in [9.17, 15) is 14.4 Å². The molecule has 1 saturated heterocycles. The molecule has 1 aliphatic rings. The summed E-state index contributed by atoms with van der Waals surface area (Å²) in [6.07, 6.45) is 0. The van der Waals surface area contributed by atoms with Gasteiger partial charge in [-0.2, -0.15) is 0 Å². The number of benzene rings is 2. The second-order valence-corrected chi connectivity index (χ2v) is 6.70. The monoisotopic (exact) mass is 371 g/mol. The van der Waals surface area contributed by atoms with Gasteiger partial charge in [0.2, 0.25) is 5.91 Å². The van der Waals surface area contributed by atoms with Crippen LogP contribution in [0.15, 0.2) is 54.6 Å². The van der Waals surface area contributed by atoms with Crippen LogP contribution in [0, 0.1) is 0 Å². The average molecular weight is 372 g/mol. The van der Waals surface area contributed by atoms with Gasteiger partial charge in [-0.05, 0) is 43.7 Å². The molecule has 6 nitrogen and oxygen atoms in total. The zero-order valence-corrected chi connectivity index (χ0v) is 15.1. The Labute approximate surface area is 156 Å². The molecule has 4 amide bonds. The van der Waals surface area contributed by atoms with Crippen LogP contribution in [0.3, 0.4) is 0 Å². The van der Waals surface area contributed by atoms with Gasteiger partial charge in [-0.1, -0.05) is 41.9 Å². The van der Waals surface area contributed by atoms with Crippen molar-refractivity contribution >= 4 is 35.1 Å². The highest BCUT2D eigenvalue weighted by atomic mass is 35.5. The lowest BCUT2D eigenvalue weighted by molar-refractivity contribution is -0.136. The van der Waals surface area contributed by atoms with Gasteiger partial charge in [0, 0.05) is 10.7 Å². The number of halogens is 1. The Hall–Kier alpha value is -2.86. The highest BCUT2D eigenvalue weighted by Crippen LogP contribution is 2.30. The van der Waals surface area contributed by atoms with Crippen molar-refractivity contribution in [2.24, 2.45) is 0 Å². The van der Waals surface area contributed by atoms with E-state index < -0.39 is 29.4 Å². The number of urea groups is 1. The van der Waals surface area contributed by atoms with Gasteiger partial charge < -0.3 is 10.6 Å². The molecule has 2 aromatic rings. The fourth-order valence-electron chi connectivity index (χ4n) is 2.88. The van der Waals surface area contributed by atoms with Gasteiger partial charge in [0.25, 0.3) is 5.91 Å². The Balaban J connectivity index is 1.80. The van der Waals surface area contributed by atoms with E-state index in [0.717, 1.165) is 4.90 Å². The van der Waals surface area contributed by atoms with Gasteiger partial charge in [0.15, 0.2) is 0 Å². The van der Waals surface area contributed by atoms with Gasteiger partial charge in [-0.25, -0.2) is 9.69 Å². The lowest BCUT2D eigenvalue weighted by Gasteiger charge is -2.24. The van der Waals surface area contributed by atoms with Gasteiger partial charge in [-0.3, -0.25) is 9.59 Å². The van der Waals surface area contributed by atoms with E-state index in [2.05, 4.69) is 10.6 Å². The van der Waals surface area contributed by atoms with Gasteiger partial charge >= 0.3 is 6.03 Å². The summed E-state index contributed by atoms with van der Waals surface area (Å²) in [6, 6.07) is 13.9. The molecule has 1 heterocycles. The van der Waals surface area contributed by atoms with Crippen LogP contribution >= 0.6 is 11.6 Å². The highest BCUT2D eigenvalue weighted by molar-refractivity contribution is 6.30. The van der Waals surface area contributed by atoms with Crippen LogP contribution in [0.5, 0.6) is 0 Å². The maximum Gasteiger partial charge on any atom is 0.326 e. The topological polar surface area (TPSA) is 78.5 Å². The summed E-state index contributed by atoms with van der Waals surface area (Å²) in [5.41, 5.74) is -0.0112. The Morgan fingerprint density at radius 2 is 1.73 bits per heavy atom. The van der Waals surface area contributed by atoms with Crippen LogP contribution < -0.4 is 10.6 Å². The number of carbonyl (C=O) groups is 3. The van der Waals surface area contributed by atoms with Crippen LogP contribution in [-0.4, -0.2) is 28.8 Å². The molecule has 0 saturated carbocycles. The number of hydrogen-bond acceptors (Lipinski definition) is 3. The Bertz CT molecular complexity index is 854. The molecule has 26 heavy (non-hydrogen) atoms. The molecule has 0 aromatic heterocycles. The summed E-state index contributed by atoms with van der Waals surface area (Å²) in [5, 5.41) is 5.92. The van der Waals surface area contributed by atoms with Crippen molar-refractivity contribution in [1.82, 2.24) is 10.2 Å². The summed E-state index contributed by atoms with van der Waals surface area (Å²) in [4.78, 5) is 38.8. The molecule has 0 aliphatic carbocycles. The van der Waals surface area contributed by atoms with Crippen LogP contribution in [0.25, 0.3) is 0 Å². The fraction of sp³-hybridized carbons (Fsp3) is 0.211. The molecule has 7 heteroatoms. The smallest absolute Gasteiger partial charge is 0.324 e. The molecule has 1 unspecified atom stereocenters. The highest BCUT2D eigenvalue weighted by Gasteiger charge is 2.51. The van der Waals surface area contributed by atoms with Crippen molar-refractivity contribution in [3.05, 3.63) is 65.2 Å². The van der Waals surface area contributed by atoms with E-state index in [-0.39, 0.29) is 0 Å². The third kappa shape index (κ3) is 3.15. The quantitative estimate of drug-likeness (QED) is 0.810. The minimum absolute atomic E-state index is 0.465. The summed E-state index contributed by atoms with van der Waals surface area (Å²) < 4.78 is 0. The Morgan fingerprint density at radius 1 is 1.12 bits per heavy atom. The molecule has 1 fully saturated rings. The van der Waals surface area contributed by atoms with E-state index in [1.165, 1.54) is 6.92 Å². The number of rotatable bonds is 4. The first-order valence-corrected chi connectivity index (χ1v) is 8.48. The number of carbonyl (C=O) groups excluding carboxylic acids is 3. The first-order chi connectivity index (χ1) is 12.3. The van der Waals surface area contributed by atoms with Crippen molar-refractivity contribution in [2.75, 3.05) is 5.32 Å². The van der Waals surface area contributed by atoms with Crippen molar-refractivity contribution < 1.29 is 14.4 Å². The predicted molar refractivity (Wildman–Crippen MR) is 98.7 cm³/mol. The lowest BCUT2D eigenvalue weighted by Crippen LogP contribution is -2.47. The average Bonchev–Trinajstić information content (AvgIpc) is 2.87. The second-order valence-electron chi connectivity index (χ2n) is 6.27. The largest absolute Gasteiger partial charge is 0.326 e. The van der Waals surface area contributed by atoms with Crippen LogP contribution in [0.2, 0.25) is 5.02 Å². The van der Waals surface area contributed by atoms with Gasteiger partial charge in [0.1, 0.15) is 11.6 Å². The van der Waals surface area contributed by atoms with Crippen molar-refractivity contribution in [3.8, 4) is 0 Å². The lowest BCUT2D eigenvalue weighted by atomic mass is 9.92. The number of imide groups is 1. The van der Waals surface area contributed by atoms with Gasteiger partial charge in [-0.15, -0.1) is 0 Å². The third-order valence-electron chi connectivity index (χ3n) is 4.45. The summed E-state index contributed by atoms with van der Waals surface area (Å²) in [7, 11) is 0. The van der Waals surface area contributed by atoms with Crippen LogP contribution in [-0.2, 0) is 15.1 Å². The number of hydrogen-bond donors (Lipinski definition) is 2. The maximum absolute atomic E-state index is 12.9. The standard InChI is InChI=1S/C19H18ClN3O3/c1-12(16(24)21-15-10-8-14(20)9-11-15)23-17(25)19(2,22-18(23)26)13-6-4-3-5-7-13/h3-12H,1-2H3,(H,21,24)(H,22,26)/t12?,19-/m1/s1. The molecule has 0 radical (unpaired) electrons. The fourth-order valence-corrected chi connectivity index (χ4v) is 3.00. The second kappa shape index (κ2) is 6.80. The number of amides is 4. The Morgan fingerprint density at radius 3 is 2.35 bits per heavy atom. The molecule has 1 aliphatic heterocycles. The first-order valence-electron chi connectivity index (χ1n) is 8.10. The van der Waals surface area contributed by atoms with Crippen molar-refractivity contribution in [2.45, 2.75) is 25.4 Å². The molecular weight excluding hydrogens is 354 g/mol. The molecule has 2 N–H and O–H groups in total. The van der Waals surface area contributed by atoms with Crippen LogP contribution in [0.1, 0.15) is 19.4 Å². The SMILES string of the molecule is CC(C(=O)Nc1ccc(Cl)cc1)N1C(=O)N[C@](C)(c2ccccc2)C1=O. The minimum atomic E-state index is -1.20. The maximum atomic E-state index is 12.9. The first kappa shape index (κ1) is 17.9. The summed E-state index contributed by atoms with van der Waals surface area (Å²) >= 11 is 5.82. The molecule has 3 rings (SSSR count). The van der Waals surface area contributed by atoms with Crippen molar-refractivity contribution in [1.29, 1.82) is 0 Å². The molecule has 134 valence electrons. The van der Waals surface area contributed by atoms with E-state index in [1.54, 1.807) is 55.5 Å². The zero-order valence-electron chi connectivity index (χ0n) is 14.3. The summed E-state index contributed by atoms with van der Waals surface area (Å²) in [6.45, 7) is 3.14. The molecule has 2 atom stereocenters. The van der Waals surface area contributed by atoms with E-state index in [4.69, 9.17) is 11.6 Å². The molecular formula is C19H18ClN3O3. The molecule has 0 spiro atoms. The molecule has 2 aromatic carbocycles. The van der Waals surface area contributed by atoms with E-state index in [1.807, 2.05) is 6.07 Å². The number of anilines is 1. The van der Waals surface area contributed by atoms with Crippen molar-refractivity contribution in [3.63, 3.8) is 0 Å². The van der Waals surface area contributed by atoms with Crippen LogP contribution in [0.4, 0.5) is 10.5 Å². The Kier molecular flexibility index (Phi) is 4.70. The predicted octanol–water partition coefficient (Wildman–Crippen LogP) is 3.13. The number of nitrogens with one attached hydrogen (secondary N) is 2. The third-order valence-corrected chi connectivity index (χ3v) is 4.70. The number of nitrogens with zero attached hydrogens (tertiary/aromatic N) is 1.